The predicted octanol–water partition coefficient (Wildman–Crippen LogP) is 0.413. The van der Waals surface area contributed by atoms with E-state index in [4.69, 9.17) is 0 Å². The van der Waals surface area contributed by atoms with E-state index in [0.717, 1.165) is 0 Å². The van der Waals surface area contributed by atoms with Crippen molar-refractivity contribution in [2.45, 2.75) is 26.2 Å². The third-order valence-electron chi connectivity index (χ3n) is 3.48. The average Bonchev–Trinajstić information content (AvgIpc) is 2.67. The Morgan fingerprint density at radius 2 is 1.25 bits per heavy atom. The minimum atomic E-state index is -0.144. The van der Waals surface area contributed by atoms with E-state index >= 15 is 0 Å². The summed E-state index contributed by atoms with van der Waals surface area (Å²) in [6, 6.07) is -0.00870. The zero-order valence-corrected chi connectivity index (χ0v) is 10.2. The Kier molecular flexibility index (Phi) is 2.44. The molecule has 2 atom stereocenters. The Morgan fingerprint density at radius 3 is 1.56 bits per heavy atom. The number of hydrogen-bond donors (Lipinski definition) is 0. The largest absolute Gasteiger partial charge is 0.323 e. The van der Waals surface area contributed by atoms with E-state index in [1.165, 1.54) is 0 Å². The van der Waals surface area contributed by atoms with Crippen molar-refractivity contribution in [2.24, 2.45) is 0 Å². The highest BCUT2D eigenvalue weighted by Gasteiger charge is 2.55. The van der Waals surface area contributed by atoms with E-state index in [2.05, 4.69) is 0 Å². The summed E-state index contributed by atoms with van der Waals surface area (Å²) in [5, 5.41) is 0. The molecule has 0 N–H and O–H groups in total. The van der Waals surface area contributed by atoms with E-state index in [1.807, 2.05) is 13.8 Å². The second-order valence-electron chi connectivity index (χ2n) is 4.19. The highest BCUT2D eigenvalue weighted by Crippen LogP contribution is 2.32. The molecule has 2 unspecified atom stereocenters. The molecule has 0 aromatic heterocycles. The Bertz CT molecular complexity index is 305. The molecule has 2 saturated heterocycles. The van der Waals surface area contributed by atoms with Crippen LogP contribution in [0.3, 0.4) is 0 Å². The molecule has 0 aromatic rings. The van der Waals surface area contributed by atoms with Crippen molar-refractivity contribution in [3.05, 3.63) is 0 Å². The molecule has 2 aliphatic heterocycles. The van der Waals surface area contributed by atoms with Gasteiger partial charge < -0.3 is 19.6 Å². The molecule has 0 aliphatic carbocycles. The van der Waals surface area contributed by atoms with Gasteiger partial charge >= 0.3 is 12.1 Å². The van der Waals surface area contributed by atoms with Crippen molar-refractivity contribution in [1.82, 2.24) is 19.6 Å². The van der Waals surface area contributed by atoms with Crippen LogP contribution in [0.1, 0.15) is 13.8 Å². The van der Waals surface area contributed by atoms with Gasteiger partial charge in [-0.15, -0.1) is 0 Å². The summed E-state index contributed by atoms with van der Waals surface area (Å²) in [5.74, 6) is 0. The molecule has 0 bridgehead atoms. The summed E-state index contributed by atoms with van der Waals surface area (Å²) in [6.45, 7) is 5.12. The maximum absolute atomic E-state index is 12.1. The Morgan fingerprint density at radius 1 is 0.875 bits per heavy atom. The average molecular weight is 226 g/mol. The molecular formula is C10H18N4O2. The van der Waals surface area contributed by atoms with Crippen LogP contribution in [0.5, 0.6) is 0 Å². The quantitative estimate of drug-likeness (QED) is 0.685. The minimum absolute atomic E-state index is 0.0196. The lowest BCUT2D eigenvalue weighted by Gasteiger charge is -2.25. The van der Waals surface area contributed by atoms with Crippen molar-refractivity contribution < 1.29 is 9.59 Å². The summed E-state index contributed by atoms with van der Waals surface area (Å²) < 4.78 is 0. The van der Waals surface area contributed by atoms with Crippen LogP contribution < -0.4 is 0 Å². The van der Waals surface area contributed by atoms with E-state index in [9.17, 15) is 9.59 Å². The second kappa shape index (κ2) is 3.54. The fourth-order valence-corrected chi connectivity index (χ4v) is 2.65. The number of rotatable bonds is 2. The van der Waals surface area contributed by atoms with Gasteiger partial charge in [-0.1, -0.05) is 0 Å². The van der Waals surface area contributed by atoms with Crippen LogP contribution in [0.15, 0.2) is 0 Å². The van der Waals surface area contributed by atoms with Crippen LogP contribution in [0.2, 0.25) is 0 Å². The predicted molar refractivity (Wildman–Crippen MR) is 58.7 cm³/mol. The Hall–Kier alpha value is -1.46. The first-order chi connectivity index (χ1) is 7.54. The summed E-state index contributed by atoms with van der Waals surface area (Å²) >= 11 is 0. The standard InChI is InChI=1S/C10H18N4O2/c1-5-13-7-8(14(6-2)10(13)16)12(4)9(15)11(7)3/h7-8H,5-6H2,1-4H3. The lowest BCUT2D eigenvalue weighted by Crippen LogP contribution is -2.44. The molecule has 16 heavy (non-hydrogen) atoms. The molecule has 2 rings (SSSR count). The van der Waals surface area contributed by atoms with Crippen molar-refractivity contribution in [3.63, 3.8) is 0 Å². The van der Waals surface area contributed by atoms with Gasteiger partial charge in [0.25, 0.3) is 0 Å². The molecule has 0 aromatic carbocycles. The number of carbonyl (C=O) groups is 2. The first-order valence-electron chi connectivity index (χ1n) is 5.61. The molecule has 2 fully saturated rings. The number of amides is 4. The molecule has 2 aliphatic rings. The molecule has 6 nitrogen and oxygen atoms in total. The third-order valence-corrected chi connectivity index (χ3v) is 3.48. The van der Waals surface area contributed by atoms with Crippen LogP contribution in [0.4, 0.5) is 9.59 Å². The van der Waals surface area contributed by atoms with Crippen molar-refractivity contribution >= 4 is 12.1 Å². The van der Waals surface area contributed by atoms with Gasteiger partial charge in [-0.2, -0.15) is 0 Å². The Balaban J connectivity index is 2.38. The highest BCUT2D eigenvalue weighted by molar-refractivity contribution is 5.84. The van der Waals surface area contributed by atoms with Crippen LogP contribution >= 0.6 is 0 Å². The molecule has 2 heterocycles. The molecule has 6 heteroatoms. The first kappa shape index (κ1) is 11.0. The molecule has 4 amide bonds. The highest BCUT2D eigenvalue weighted by atomic mass is 16.2. The number of carbonyl (C=O) groups excluding carboxylic acids is 2. The van der Waals surface area contributed by atoms with E-state index in [1.54, 1.807) is 33.7 Å². The number of fused-ring (bicyclic) bond motifs is 1. The number of urea groups is 2. The molecule has 0 spiro atoms. The first-order valence-corrected chi connectivity index (χ1v) is 5.61. The van der Waals surface area contributed by atoms with Crippen LogP contribution in [-0.4, -0.2) is 71.2 Å². The summed E-state index contributed by atoms with van der Waals surface area (Å²) in [4.78, 5) is 30.7. The van der Waals surface area contributed by atoms with Gasteiger partial charge in [0.15, 0.2) is 0 Å². The van der Waals surface area contributed by atoms with Crippen LogP contribution in [0.25, 0.3) is 0 Å². The number of likely N-dealkylation sites (N-methyl/N-ethyl adjacent to an activating group) is 4. The SMILES string of the molecule is CCN1C(=O)N(CC)C2C1N(C)C(=O)N2C. The second-order valence-corrected chi connectivity index (χ2v) is 4.19. The normalized spacial score (nSPS) is 29.5. The summed E-state index contributed by atoms with van der Waals surface area (Å²) in [7, 11) is 3.50. The smallest absolute Gasteiger partial charge is 0.303 e. The maximum atomic E-state index is 12.1. The number of nitrogens with zero attached hydrogens (tertiary/aromatic N) is 4. The monoisotopic (exact) mass is 226 g/mol. The zero-order chi connectivity index (χ0) is 12.0. The molecular weight excluding hydrogens is 208 g/mol. The third kappa shape index (κ3) is 1.12. The van der Waals surface area contributed by atoms with Gasteiger partial charge in [-0.05, 0) is 13.8 Å². The fraction of sp³-hybridized carbons (Fsp3) is 0.800. The van der Waals surface area contributed by atoms with Crippen molar-refractivity contribution in [3.8, 4) is 0 Å². The van der Waals surface area contributed by atoms with Crippen LogP contribution in [0, 0.1) is 0 Å². The number of hydrogen-bond acceptors (Lipinski definition) is 2. The lowest BCUT2D eigenvalue weighted by molar-refractivity contribution is 0.147. The molecule has 0 radical (unpaired) electrons. The topological polar surface area (TPSA) is 47.1 Å². The van der Waals surface area contributed by atoms with Gasteiger partial charge in [-0.25, -0.2) is 9.59 Å². The molecule has 0 saturated carbocycles. The van der Waals surface area contributed by atoms with Crippen molar-refractivity contribution in [2.75, 3.05) is 27.2 Å². The van der Waals surface area contributed by atoms with Crippen molar-refractivity contribution in [1.29, 1.82) is 0 Å². The minimum Gasteiger partial charge on any atom is -0.303 e. The summed E-state index contributed by atoms with van der Waals surface area (Å²) in [6.07, 6.45) is -0.287. The van der Waals surface area contributed by atoms with Crippen LogP contribution in [-0.2, 0) is 0 Å². The van der Waals surface area contributed by atoms with E-state index in [0.29, 0.717) is 13.1 Å². The summed E-state index contributed by atoms with van der Waals surface area (Å²) in [5.41, 5.74) is 0. The van der Waals surface area contributed by atoms with E-state index in [-0.39, 0.29) is 24.4 Å². The molecule has 90 valence electrons. The lowest BCUT2D eigenvalue weighted by atomic mass is 10.3. The van der Waals surface area contributed by atoms with Gasteiger partial charge in [0, 0.05) is 27.2 Å². The van der Waals surface area contributed by atoms with Gasteiger partial charge in [0.2, 0.25) is 0 Å². The van der Waals surface area contributed by atoms with E-state index < -0.39 is 0 Å². The van der Waals surface area contributed by atoms with Gasteiger partial charge in [0.05, 0.1) is 0 Å². The van der Waals surface area contributed by atoms with Gasteiger partial charge in [-0.3, -0.25) is 0 Å². The fourth-order valence-electron chi connectivity index (χ4n) is 2.65. The van der Waals surface area contributed by atoms with Gasteiger partial charge in [0.1, 0.15) is 12.3 Å². The maximum Gasteiger partial charge on any atom is 0.323 e. The Labute approximate surface area is 95.4 Å². The zero-order valence-electron chi connectivity index (χ0n) is 10.2.